The summed E-state index contributed by atoms with van der Waals surface area (Å²) < 4.78 is 18.6. The van der Waals surface area contributed by atoms with E-state index in [0.29, 0.717) is 5.56 Å². The molecule has 0 unspecified atom stereocenters. The number of halogens is 2. The number of ether oxygens (including phenoxy) is 1. The molecule has 1 aromatic heterocycles. The Hall–Kier alpha value is -2.40. The van der Waals surface area contributed by atoms with Gasteiger partial charge in [0.15, 0.2) is 0 Å². The van der Waals surface area contributed by atoms with E-state index in [1.54, 1.807) is 12.1 Å². The minimum absolute atomic E-state index is 0.0134. The number of benzene rings is 1. The molecule has 0 spiro atoms. The molecule has 0 amide bonds. The second kappa shape index (κ2) is 6.16. The summed E-state index contributed by atoms with van der Waals surface area (Å²) in [5.41, 5.74) is 0.613. The summed E-state index contributed by atoms with van der Waals surface area (Å²) in [7, 11) is 0. The van der Waals surface area contributed by atoms with Crippen LogP contribution in [0.3, 0.4) is 0 Å². The molecule has 0 aliphatic carbocycles. The minimum Gasteiger partial charge on any atom is -0.478 e. The van der Waals surface area contributed by atoms with Crippen LogP contribution in [0.4, 0.5) is 4.39 Å². The molecule has 20 heavy (non-hydrogen) atoms. The molecule has 0 atom stereocenters. The first-order chi connectivity index (χ1) is 9.54. The molecular formula is C14H9ClFNO3. The van der Waals surface area contributed by atoms with Crippen molar-refractivity contribution in [2.45, 2.75) is 0 Å². The fraction of sp³-hybridized carbons (Fsp3) is 0. The number of carbonyl (C=O) groups is 1. The smallest absolute Gasteiger partial charge is 0.328 e. The normalized spacial score (nSPS) is 10.7. The molecule has 4 nitrogen and oxygen atoms in total. The molecule has 0 saturated carbocycles. The van der Waals surface area contributed by atoms with Crippen LogP contribution in [0.1, 0.15) is 5.56 Å². The van der Waals surface area contributed by atoms with Crippen LogP contribution in [-0.4, -0.2) is 16.1 Å². The number of carboxylic acids is 1. The van der Waals surface area contributed by atoms with Crippen molar-refractivity contribution >= 4 is 23.6 Å². The molecule has 2 aromatic rings. The predicted molar refractivity (Wildman–Crippen MR) is 72.4 cm³/mol. The van der Waals surface area contributed by atoms with Crippen molar-refractivity contribution in [1.29, 1.82) is 0 Å². The summed E-state index contributed by atoms with van der Waals surface area (Å²) in [5, 5.41) is 8.51. The van der Waals surface area contributed by atoms with Gasteiger partial charge in [0.1, 0.15) is 11.6 Å². The van der Waals surface area contributed by atoms with Crippen molar-refractivity contribution in [3.05, 3.63) is 59.0 Å². The molecule has 0 fully saturated rings. The van der Waals surface area contributed by atoms with Gasteiger partial charge >= 0.3 is 5.97 Å². The number of aliphatic carboxylic acids is 1. The van der Waals surface area contributed by atoms with Gasteiger partial charge in [-0.2, -0.15) is 0 Å². The highest BCUT2D eigenvalue weighted by atomic mass is 35.5. The topological polar surface area (TPSA) is 59.4 Å². The van der Waals surface area contributed by atoms with E-state index in [2.05, 4.69) is 4.98 Å². The molecule has 1 aromatic carbocycles. The maximum Gasteiger partial charge on any atom is 0.328 e. The zero-order chi connectivity index (χ0) is 14.5. The Morgan fingerprint density at radius 2 is 2.15 bits per heavy atom. The Bertz CT molecular complexity index is 656. The summed E-state index contributed by atoms with van der Waals surface area (Å²) in [4.78, 5) is 14.3. The van der Waals surface area contributed by atoms with E-state index >= 15 is 0 Å². The van der Waals surface area contributed by atoms with E-state index < -0.39 is 11.8 Å². The van der Waals surface area contributed by atoms with E-state index in [-0.39, 0.29) is 16.7 Å². The van der Waals surface area contributed by atoms with Gasteiger partial charge in [0, 0.05) is 24.4 Å². The van der Waals surface area contributed by atoms with Crippen LogP contribution in [0, 0.1) is 5.82 Å². The number of carboxylic acid groups (broad SMARTS) is 1. The van der Waals surface area contributed by atoms with E-state index in [4.69, 9.17) is 21.4 Å². The molecule has 0 aliphatic heterocycles. The van der Waals surface area contributed by atoms with Crippen molar-refractivity contribution in [3.8, 4) is 11.6 Å². The van der Waals surface area contributed by atoms with Crippen LogP contribution < -0.4 is 4.74 Å². The predicted octanol–water partition coefficient (Wildman–Crippen LogP) is 3.76. The van der Waals surface area contributed by atoms with Gasteiger partial charge in [-0.05, 0) is 29.8 Å². The van der Waals surface area contributed by atoms with Crippen molar-refractivity contribution in [2.75, 3.05) is 0 Å². The quantitative estimate of drug-likeness (QED) is 0.872. The standard InChI is InChI=1S/C14H9ClFNO3/c15-11-4-3-10(7-12(11)16)20-13-5-1-9(8-17-13)2-6-14(18)19/h1-8H,(H,18,19)/b6-2+. The van der Waals surface area contributed by atoms with Gasteiger partial charge in [-0.15, -0.1) is 0 Å². The van der Waals surface area contributed by atoms with Gasteiger partial charge in [-0.1, -0.05) is 11.6 Å². The third-order valence-electron chi connectivity index (χ3n) is 2.29. The van der Waals surface area contributed by atoms with Crippen LogP contribution in [-0.2, 0) is 4.79 Å². The number of nitrogens with zero attached hydrogens (tertiary/aromatic N) is 1. The number of hydrogen-bond donors (Lipinski definition) is 1. The average molecular weight is 294 g/mol. The second-order valence-corrected chi connectivity index (χ2v) is 4.19. The van der Waals surface area contributed by atoms with Gasteiger partial charge in [-0.25, -0.2) is 14.2 Å². The van der Waals surface area contributed by atoms with E-state index in [9.17, 15) is 9.18 Å². The van der Waals surface area contributed by atoms with Gasteiger partial charge in [0.05, 0.1) is 5.02 Å². The van der Waals surface area contributed by atoms with Gasteiger partial charge in [0.25, 0.3) is 0 Å². The Morgan fingerprint density at radius 3 is 2.75 bits per heavy atom. The second-order valence-electron chi connectivity index (χ2n) is 3.78. The summed E-state index contributed by atoms with van der Waals surface area (Å²) in [6.07, 6.45) is 3.86. The molecule has 1 heterocycles. The van der Waals surface area contributed by atoms with Crippen LogP contribution in [0.15, 0.2) is 42.6 Å². The lowest BCUT2D eigenvalue weighted by molar-refractivity contribution is -0.131. The maximum atomic E-state index is 13.2. The lowest BCUT2D eigenvalue weighted by atomic mass is 10.2. The molecule has 6 heteroatoms. The zero-order valence-corrected chi connectivity index (χ0v) is 10.8. The van der Waals surface area contributed by atoms with Crippen LogP contribution in [0.2, 0.25) is 5.02 Å². The molecule has 2 rings (SSSR count). The number of pyridine rings is 1. The number of aromatic nitrogens is 1. The Kier molecular flexibility index (Phi) is 4.32. The van der Waals surface area contributed by atoms with Crippen molar-refractivity contribution in [3.63, 3.8) is 0 Å². The molecule has 0 bridgehead atoms. The molecule has 0 saturated heterocycles. The Labute approximate surface area is 119 Å². The largest absolute Gasteiger partial charge is 0.478 e. The molecule has 102 valence electrons. The average Bonchev–Trinajstić information content (AvgIpc) is 2.42. The van der Waals surface area contributed by atoms with Crippen LogP contribution in [0.25, 0.3) is 6.08 Å². The van der Waals surface area contributed by atoms with E-state index in [0.717, 1.165) is 12.1 Å². The Balaban J connectivity index is 2.10. The highest BCUT2D eigenvalue weighted by molar-refractivity contribution is 6.30. The van der Waals surface area contributed by atoms with Crippen molar-refractivity contribution < 1.29 is 19.0 Å². The minimum atomic E-state index is -1.04. The maximum absolute atomic E-state index is 13.2. The van der Waals surface area contributed by atoms with Gasteiger partial charge in [-0.3, -0.25) is 0 Å². The van der Waals surface area contributed by atoms with Crippen molar-refractivity contribution in [1.82, 2.24) is 4.98 Å². The molecule has 0 radical (unpaired) electrons. The first kappa shape index (κ1) is 14.0. The third-order valence-corrected chi connectivity index (χ3v) is 2.60. The highest BCUT2D eigenvalue weighted by Gasteiger charge is 2.03. The SMILES string of the molecule is O=C(O)/C=C/c1ccc(Oc2ccc(Cl)c(F)c2)nc1. The van der Waals surface area contributed by atoms with Gasteiger partial charge < -0.3 is 9.84 Å². The van der Waals surface area contributed by atoms with Crippen LogP contribution >= 0.6 is 11.6 Å². The fourth-order valence-corrected chi connectivity index (χ4v) is 1.50. The zero-order valence-electron chi connectivity index (χ0n) is 10.1. The third kappa shape index (κ3) is 3.80. The summed E-state index contributed by atoms with van der Waals surface area (Å²) in [6, 6.07) is 7.24. The molecular weight excluding hydrogens is 285 g/mol. The lowest BCUT2D eigenvalue weighted by Gasteiger charge is -2.05. The summed E-state index contributed by atoms with van der Waals surface area (Å²) >= 11 is 5.56. The van der Waals surface area contributed by atoms with E-state index in [1.807, 2.05) is 0 Å². The van der Waals surface area contributed by atoms with E-state index in [1.165, 1.54) is 24.4 Å². The lowest BCUT2D eigenvalue weighted by Crippen LogP contribution is -1.90. The first-order valence-electron chi connectivity index (χ1n) is 5.54. The number of hydrogen-bond acceptors (Lipinski definition) is 3. The first-order valence-corrected chi connectivity index (χ1v) is 5.92. The molecule has 0 aliphatic rings. The summed E-state index contributed by atoms with van der Waals surface area (Å²) in [6.45, 7) is 0. The number of rotatable bonds is 4. The summed E-state index contributed by atoms with van der Waals surface area (Å²) in [5.74, 6) is -1.08. The van der Waals surface area contributed by atoms with Crippen LogP contribution in [0.5, 0.6) is 11.6 Å². The van der Waals surface area contributed by atoms with Crippen molar-refractivity contribution in [2.24, 2.45) is 0 Å². The molecule has 1 N–H and O–H groups in total. The monoisotopic (exact) mass is 293 g/mol. The Morgan fingerprint density at radius 1 is 1.35 bits per heavy atom. The highest BCUT2D eigenvalue weighted by Crippen LogP contribution is 2.24. The fourth-order valence-electron chi connectivity index (χ4n) is 1.38. The van der Waals surface area contributed by atoms with Gasteiger partial charge in [0.2, 0.25) is 5.88 Å².